The molecule has 0 radical (unpaired) electrons. The Labute approximate surface area is 98.9 Å². The minimum Gasteiger partial charge on any atom is -0.368 e. The van der Waals surface area contributed by atoms with Gasteiger partial charge in [0.05, 0.1) is 12.6 Å². The molecule has 0 saturated heterocycles. The quantitative estimate of drug-likeness (QED) is 0.786. The molecular formula is C11H19F3N2O. The molecule has 3 nitrogen and oxygen atoms in total. The van der Waals surface area contributed by atoms with Crippen molar-refractivity contribution in [3.63, 3.8) is 0 Å². The number of alkyl halides is 3. The van der Waals surface area contributed by atoms with E-state index in [1.54, 1.807) is 0 Å². The van der Waals surface area contributed by atoms with Crippen molar-refractivity contribution in [3.8, 4) is 0 Å². The van der Waals surface area contributed by atoms with Gasteiger partial charge in [-0.25, -0.2) is 0 Å². The summed E-state index contributed by atoms with van der Waals surface area (Å²) < 4.78 is 36.1. The molecule has 1 aliphatic carbocycles. The van der Waals surface area contributed by atoms with Crippen LogP contribution in [0.5, 0.6) is 0 Å². The van der Waals surface area contributed by atoms with E-state index < -0.39 is 24.7 Å². The van der Waals surface area contributed by atoms with Crippen molar-refractivity contribution in [3.05, 3.63) is 0 Å². The number of hydrogen-bond acceptors (Lipinski definition) is 2. The zero-order chi connectivity index (χ0) is 12.9. The van der Waals surface area contributed by atoms with Crippen LogP contribution in [0.4, 0.5) is 13.2 Å². The Morgan fingerprint density at radius 2 is 1.88 bits per heavy atom. The van der Waals surface area contributed by atoms with Crippen LogP contribution in [0, 0.1) is 5.92 Å². The second-order valence-corrected chi connectivity index (χ2v) is 4.69. The lowest BCUT2D eigenvalue weighted by Crippen LogP contribution is -2.46. The van der Waals surface area contributed by atoms with Crippen LogP contribution < -0.4 is 11.1 Å². The van der Waals surface area contributed by atoms with Crippen molar-refractivity contribution in [1.82, 2.24) is 5.32 Å². The number of carbonyl (C=O) groups excluding carboxylic acids is 1. The van der Waals surface area contributed by atoms with Crippen LogP contribution in [0.3, 0.4) is 0 Å². The van der Waals surface area contributed by atoms with Crippen LogP contribution in [-0.4, -0.2) is 24.7 Å². The normalized spacial score (nSPS) is 20.2. The van der Waals surface area contributed by atoms with Gasteiger partial charge in [-0.1, -0.05) is 32.1 Å². The molecule has 100 valence electrons. The maximum Gasteiger partial charge on any atom is 0.401 e. The third kappa shape index (κ3) is 5.91. The van der Waals surface area contributed by atoms with E-state index in [0.717, 1.165) is 25.7 Å². The van der Waals surface area contributed by atoms with E-state index in [2.05, 4.69) is 5.32 Å². The molecular weight excluding hydrogens is 233 g/mol. The number of nitrogens with two attached hydrogens (primary N) is 1. The molecule has 1 fully saturated rings. The fourth-order valence-corrected chi connectivity index (χ4v) is 2.30. The Morgan fingerprint density at radius 3 is 2.35 bits per heavy atom. The van der Waals surface area contributed by atoms with Gasteiger partial charge in [0, 0.05) is 0 Å². The number of carbonyl (C=O) groups is 1. The largest absolute Gasteiger partial charge is 0.401 e. The van der Waals surface area contributed by atoms with Gasteiger partial charge in [-0.2, -0.15) is 13.2 Å². The summed E-state index contributed by atoms with van der Waals surface area (Å²) in [5.74, 6) is -0.373. The van der Waals surface area contributed by atoms with E-state index in [9.17, 15) is 18.0 Å². The van der Waals surface area contributed by atoms with Crippen LogP contribution >= 0.6 is 0 Å². The summed E-state index contributed by atoms with van der Waals surface area (Å²) in [6, 6.07) is -0.861. The lowest BCUT2D eigenvalue weighted by atomic mass is 9.84. The van der Waals surface area contributed by atoms with Gasteiger partial charge in [-0.15, -0.1) is 0 Å². The summed E-state index contributed by atoms with van der Waals surface area (Å²) in [6.07, 6.45) is 1.44. The standard InChI is InChI=1S/C11H19F3N2O/c12-11(13,14)7-16-9(10(15)17)6-8-4-2-1-3-5-8/h8-9,16H,1-7H2,(H2,15,17). The molecule has 0 heterocycles. The van der Waals surface area contributed by atoms with Crippen molar-refractivity contribution < 1.29 is 18.0 Å². The van der Waals surface area contributed by atoms with Crippen molar-refractivity contribution in [1.29, 1.82) is 0 Å². The maximum absolute atomic E-state index is 12.0. The van der Waals surface area contributed by atoms with E-state index in [-0.39, 0.29) is 0 Å². The molecule has 3 N–H and O–H groups in total. The number of amides is 1. The molecule has 0 bridgehead atoms. The lowest BCUT2D eigenvalue weighted by molar-refractivity contribution is -0.131. The van der Waals surface area contributed by atoms with Crippen LogP contribution in [0.25, 0.3) is 0 Å². The molecule has 1 atom stereocenters. The summed E-state index contributed by atoms with van der Waals surface area (Å²) in [6.45, 7) is -1.16. The average Bonchev–Trinajstić information content (AvgIpc) is 2.24. The fraction of sp³-hybridized carbons (Fsp3) is 0.909. The van der Waals surface area contributed by atoms with Gasteiger partial charge in [0.15, 0.2) is 0 Å². The highest BCUT2D eigenvalue weighted by atomic mass is 19.4. The predicted molar refractivity (Wildman–Crippen MR) is 58.2 cm³/mol. The van der Waals surface area contributed by atoms with Crippen molar-refractivity contribution in [2.45, 2.75) is 50.7 Å². The predicted octanol–water partition coefficient (Wildman–Crippen LogP) is 1.96. The van der Waals surface area contributed by atoms with Gasteiger partial charge in [0.2, 0.25) is 5.91 Å². The van der Waals surface area contributed by atoms with Gasteiger partial charge in [-0.3, -0.25) is 10.1 Å². The van der Waals surface area contributed by atoms with Gasteiger partial charge < -0.3 is 5.73 Å². The summed E-state index contributed by atoms with van der Waals surface area (Å²) in [4.78, 5) is 11.1. The Kier molecular flexibility index (Phi) is 5.24. The molecule has 0 aromatic heterocycles. The molecule has 1 aliphatic rings. The van der Waals surface area contributed by atoms with Crippen LogP contribution in [0.1, 0.15) is 38.5 Å². The molecule has 1 saturated carbocycles. The third-order valence-corrected chi connectivity index (χ3v) is 3.19. The summed E-state index contributed by atoms with van der Waals surface area (Å²) in [5, 5.41) is 2.21. The Balaban J connectivity index is 2.39. The van der Waals surface area contributed by atoms with Crippen LogP contribution in [0.15, 0.2) is 0 Å². The highest BCUT2D eigenvalue weighted by Gasteiger charge is 2.30. The van der Waals surface area contributed by atoms with Crippen molar-refractivity contribution >= 4 is 5.91 Å². The SMILES string of the molecule is NC(=O)C(CC1CCCCC1)NCC(F)(F)F. The maximum atomic E-state index is 12.0. The first-order chi connectivity index (χ1) is 7.88. The van der Waals surface area contributed by atoms with E-state index in [1.807, 2.05) is 0 Å². The fourth-order valence-electron chi connectivity index (χ4n) is 2.30. The average molecular weight is 252 g/mol. The van der Waals surface area contributed by atoms with Crippen LogP contribution in [-0.2, 0) is 4.79 Å². The Morgan fingerprint density at radius 1 is 1.29 bits per heavy atom. The first kappa shape index (κ1) is 14.3. The lowest BCUT2D eigenvalue weighted by Gasteiger charge is -2.25. The highest BCUT2D eigenvalue weighted by Crippen LogP contribution is 2.27. The number of primary amides is 1. The molecule has 17 heavy (non-hydrogen) atoms. The molecule has 1 rings (SSSR count). The highest BCUT2D eigenvalue weighted by molar-refractivity contribution is 5.79. The number of hydrogen-bond donors (Lipinski definition) is 2. The Bertz CT molecular complexity index is 250. The van der Waals surface area contributed by atoms with E-state index >= 15 is 0 Å². The van der Waals surface area contributed by atoms with Gasteiger partial charge in [-0.05, 0) is 12.3 Å². The monoisotopic (exact) mass is 252 g/mol. The summed E-state index contributed by atoms with van der Waals surface area (Å²) >= 11 is 0. The first-order valence-corrected chi connectivity index (χ1v) is 5.98. The number of halogens is 3. The topological polar surface area (TPSA) is 55.1 Å². The van der Waals surface area contributed by atoms with E-state index in [4.69, 9.17) is 5.73 Å². The summed E-state index contributed by atoms with van der Waals surface area (Å²) in [7, 11) is 0. The minimum absolute atomic E-state index is 0.321. The molecule has 1 amide bonds. The van der Waals surface area contributed by atoms with Gasteiger partial charge >= 0.3 is 6.18 Å². The van der Waals surface area contributed by atoms with Crippen molar-refractivity contribution in [2.75, 3.05) is 6.54 Å². The van der Waals surface area contributed by atoms with Crippen molar-refractivity contribution in [2.24, 2.45) is 11.7 Å². The molecule has 0 aromatic carbocycles. The second-order valence-electron chi connectivity index (χ2n) is 4.69. The van der Waals surface area contributed by atoms with Crippen LogP contribution in [0.2, 0.25) is 0 Å². The summed E-state index contributed by atoms with van der Waals surface area (Å²) in [5.41, 5.74) is 5.11. The third-order valence-electron chi connectivity index (χ3n) is 3.19. The Hall–Kier alpha value is -0.780. The molecule has 0 spiro atoms. The first-order valence-electron chi connectivity index (χ1n) is 5.98. The van der Waals surface area contributed by atoms with E-state index in [1.165, 1.54) is 6.42 Å². The van der Waals surface area contributed by atoms with Gasteiger partial charge in [0.1, 0.15) is 0 Å². The smallest absolute Gasteiger partial charge is 0.368 e. The number of rotatable bonds is 5. The molecule has 0 aromatic rings. The molecule has 0 aliphatic heterocycles. The second kappa shape index (κ2) is 6.23. The van der Waals surface area contributed by atoms with E-state index in [0.29, 0.717) is 12.3 Å². The number of nitrogens with one attached hydrogen (secondary N) is 1. The zero-order valence-electron chi connectivity index (χ0n) is 9.72. The molecule has 1 unspecified atom stereocenters. The zero-order valence-corrected chi connectivity index (χ0v) is 9.72. The minimum atomic E-state index is -4.31. The molecule has 6 heteroatoms. The van der Waals surface area contributed by atoms with Gasteiger partial charge in [0.25, 0.3) is 0 Å².